The Morgan fingerprint density at radius 2 is 2.04 bits per heavy atom. The first kappa shape index (κ1) is 16.6. The van der Waals surface area contributed by atoms with Gasteiger partial charge in [-0.05, 0) is 24.0 Å². The van der Waals surface area contributed by atoms with Crippen LogP contribution in [-0.2, 0) is 26.5 Å². The number of piperidine rings is 1. The molecule has 3 aliphatic rings. The van der Waals surface area contributed by atoms with Crippen LogP contribution in [0.2, 0.25) is 0 Å². The lowest BCUT2D eigenvalue weighted by Gasteiger charge is -2.39. The van der Waals surface area contributed by atoms with Crippen molar-refractivity contribution in [3.8, 4) is 18.4 Å². The van der Waals surface area contributed by atoms with Crippen LogP contribution in [0.3, 0.4) is 0 Å². The first-order valence-corrected chi connectivity index (χ1v) is 8.72. The largest absolute Gasteiger partial charge is 0.446 e. The Hall–Kier alpha value is -2.83. The average Bonchev–Trinajstić information content (AvgIpc) is 3.16. The predicted molar refractivity (Wildman–Crippen MR) is 93.7 cm³/mol. The number of nitriles is 1. The van der Waals surface area contributed by atoms with Crippen LogP contribution in [0.1, 0.15) is 36.8 Å². The molecular weight excluding hydrogens is 330 g/mol. The molecule has 3 heterocycles. The number of ether oxygens (including phenoxy) is 2. The molecule has 0 aromatic heterocycles. The van der Waals surface area contributed by atoms with Crippen LogP contribution < -0.4 is 0 Å². The lowest BCUT2D eigenvalue weighted by Crippen LogP contribution is -2.47. The van der Waals surface area contributed by atoms with E-state index in [-0.39, 0.29) is 24.5 Å². The van der Waals surface area contributed by atoms with Gasteiger partial charge in [0, 0.05) is 13.1 Å². The third kappa shape index (κ3) is 2.46. The van der Waals surface area contributed by atoms with Crippen LogP contribution in [0.5, 0.6) is 0 Å². The molecule has 0 radical (unpaired) electrons. The van der Waals surface area contributed by atoms with Crippen LogP contribution in [0.15, 0.2) is 29.3 Å². The van der Waals surface area contributed by atoms with Gasteiger partial charge < -0.3 is 14.4 Å². The predicted octanol–water partition coefficient (Wildman–Crippen LogP) is 2.10. The van der Waals surface area contributed by atoms with E-state index in [1.165, 1.54) is 11.1 Å². The first-order chi connectivity index (χ1) is 12.6. The Morgan fingerprint density at radius 1 is 1.27 bits per heavy atom. The van der Waals surface area contributed by atoms with Crippen molar-refractivity contribution in [3.05, 3.63) is 35.4 Å². The summed E-state index contributed by atoms with van der Waals surface area (Å²) in [6, 6.07) is 10.6. The smallest absolute Gasteiger partial charge is 0.296 e. The summed E-state index contributed by atoms with van der Waals surface area (Å²) in [6.45, 7) is 1.97. The standard InChI is InChI=1S/C20H19N3O3/c1-2-7-20(8-11-21)17(24)22-18(26-20)23-12-9-19(10-13-23)16-6-4-3-5-15(16)14-25-19/h1,3-6H,7-10,12-14H2. The van der Waals surface area contributed by atoms with Crippen LogP contribution in [-0.4, -0.2) is 35.5 Å². The van der Waals surface area contributed by atoms with Gasteiger partial charge in [-0.3, -0.25) is 4.79 Å². The molecule has 132 valence electrons. The van der Waals surface area contributed by atoms with E-state index in [9.17, 15) is 4.79 Å². The second-order valence-electron chi connectivity index (χ2n) is 6.94. The Bertz CT molecular complexity index is 838. The minimum absolute atomic E-state index is 0.0423. The molecule has 1 unspecified atom stereocenters. The highest BCUT2D eigenvalue weighted by molar-refractivity contribution is 6.01. The zero-order valence-corrected chi connectivity index (χ0v) is 14.4. The Morgan fingerprint density at radius 3 is 2.77 bits per heavy atom. The molecule has 4 rings (SSSR count). The maximum atomic E-state index is 12.3. The fourth-order valence-electron chi connectivity index (χ4n) is 4.00. The van der Waals surface area contributed by atoms with Crippen LogP contribution >= 0.6 is 0 Å². The van der Waals surface area contributed by atoms with Crippen molar-refractivity contribution in [1.29, 1.82) is 5.26 Å². The summed E-state index contributed by atoms with van der Waals surface area (Å²) in [5, 5.41) is 9.03. The number of hydrogen-bond donors (Lipinski definition) is 0. The van der Waals surface area contributed by atoms with Gasteiger partial charge in [0.1, 0.15) is 0 Å². The second kappa shape index (κ2) is 6.16. The van der Waals surface area contributed by atoms with Crippen molar-refractivity contribution in [2.45, 2.75) is 43.5 Å². The number of carbonyl (C=O) groups is 1. The van der Waals surface area contributed by atoms with E-state index in [0.29, 0.717) is 19.7 Å². The van der Waals surface area contributed by atoms with Crippen LogP contribution in [0.4, 0.5) is 0 Å². The van der Waals surface area contributed by atoms with Gasteiger partial charge in [-0.2, -0.15) is 10.3 Å². The topological polar surface area (TPSA) is 74.9 Å². The highest BCUT2D eigenvalue weighted by Gasteiger charge is 2.49. The fourth-order valence-corrected chi connectivity index (χ4v) is 4.00. The molecule has 0 aliphatic carbocycles. The summed E-state index contributed by atoms with van der Waals surface area (Å²) in [5.74, 6) is 1.97. The van der Waals surface area contributed by atoms with Gasteiger partial charge in [0.2, 0.25) is 5.60 Å². The number of likely N-dealkylation sites (tertiary alicyclic amines) is 1. The Balaban J connectivity index is 1.48. The molecule has 1 aromatic rings. The molecular formula is C20H19N3O3. The highest BCUT2D eigenvalue weighted by atomic mass is 16.5. The molecule has 1 amide bonds. The zero-order valence-electron chi connectivity index (χ0n) is 14.4. The van der Waals surface area contributed by atoms with Crippen molar-refractivity contribution in [1.82, 2.24) is 4.90 Å². The molecule has 0 N–H and O–H groups in total. The van der Waals surface area contributed by atoms with E-state index >= 15 is 0 Å². The molecule has 0 saturated carbocycles. The van der Waals surface area contributed by atoms with Gasteiger partial charge in [-0.15, -0.1) is 12.3 Å². The molecule has 1 aromatic carbocycles. The van der Waals surface area contributed by atoms with Crippen LogP contribution in [0.25, 0.3) is 0 Å². The van der Waals surface area contributed by atoms with E-state index in [0.717, 1.165) is 12.8 Å². The first-order valence-electron chi connectivity index (χ1n) is 8.72. The van der Waals surface area contributed by atoms with Crippen molar-refractivity contribution >= 4 is 11.9 Å². The van der Waals surface area contributed by atoms with Crippen molar-refractivity contribution in [2.75, 3.05) is 13.1 Å². The van der Waals surface area contributed by atoms with E-state index in [2.05, 4.69) is 23.0 Å². The van der Waals surface area contributed by atoms with Gasteiger partial charge in [0.05, 0.1) is 31.1 Å². The molecule has 3 aliphatic heterocycles. The third-order valence-corrected chi connectivity index (χ3v) is 5.48. The summed E-state index contributed by atoms with van der Waals surface area (Å²) in [6.07, 6.45) is 6.89. The zero-order chi connectivity index (χ0) is 18.2. The molecule has 6 heteroatoms. The number of nitrogens with zero attached hydrogens (tertiary/aromatic N) is 3. The summed E-state index contributed by atoms with van der Waals surface area (Å²) in [7, 11) is 0. The number of rotatable bonds is 2. The molecule has 6 nitrogen and oxygen atoms in total. The quantitative estimate of drug-likeness (QED) is 0.765. The van der Waals surface area contributed by atoms with Gasteiger partial charge in [-0.25, -0.2) is 0 Å². The molecule has 1 spiro atoms. The SMILES string of the molecule is C#CCC1(CC#N)OC(N2CCC3(CC2)OCc2ccccc23)=NC1=O. The Kier molecular flexibility index (Phi) is 3.94. The van der Waals surface area contributed by atoms with Crippen molar-refractivity contribution < 1.29 is 14.3 Å². The number of terminal acetylenes is 1. The molecule has 0 bridgehead atoms. The maximum Gasteiger partial charge on any atom is 0.296 e. The number of benzene rings is 1. The number of aliphatic imine (C=N–C) groups is 1. The summed E-state index contributed by atoms with van der Waals surface area (Å²) in [4.78, 5) is 18.3. The highest BCUT2D eigenvalue weighted by Crippen LogP contribution is 2.44. The third-order valence-electron chi connectivity index (χ3n) is 5.48. The number of carbonyl (C=O) groups excluding carboxylic acids is 1. The monoisotopic (exact) mass is 349 g/mol. The number of amides is 1. The van der Waals surface area contributed by atoms with Crippen molar-refractivity contribution in [3.63, 3.8) is 0 Å². The normalized spacial score (nSPS) is 26.0. The average molecular weight is 349 g/mol. The van der Waals surface area contributed by atoms with E-state index in [1.54, 1.807) is 0 Å². The molecule has 1 atom stereocenters. The van der Waals surface area contributed by atoms with Gasteiger partial charge in [-0.1, -0.05) is 24.3 Å². The van der Waals surface area contributed by atoms with Gasteiger partial charge in [0.25, 0.3) is 11.9 Å². The van der Waals surface area contributed by atoms with Crippen molar-refractivity contribution in [2.24, 2.45) is 4.99 Å². The minimum Gasteiger partial charge on any atom is -0.446 e. The van der Waals surface area contributed by atoms with E-state index < -0.39 is 11.5 Å². The number of amidine groups is 1. The maximum absolute atomic E-state index is 12.3. The number of hydrogen-bond acceptors (Lipinski definition) is 5. The summed E-state index contributed by atoms with van der Waals surface area (Å²) < 4.78 is 12.0. The number of fused-ring (bicyclic) bond motifs is 2. The molecule has 1 fully saturated rings. The van der Waals surface area contributed by atoms with Gasteiger partial charge in [0.15, 0.2) is 0 Å². The van der Waals surface area contributed by atoms with Gasteiger partial charge >= 0.3 is 0 Å². The van der Waals surface area contributed by atoms with Crippen LogP contribution in [0, 0.1) is 23.7 Å². The molecule has 26 heavy (non-hydrogen) atoms. The summed E-state index contributed by atoms with van der Waals surface area (Å²) in [5.41, 5.74) is 0.910. The lowest BCUT2D eigenvalue weighted by molar-refractivity contribution is -0.130. The second-order valence-corrected chi connectivity index (χ2v) is 6.94. The summed E-state index contributed by atoms with van der Waals surface area (Å²) >= 11 is 0. The lowest BCUT2D eigenvalue weighted by atomic mass is 9.84. The van der Waals surface area contributed by atoms with E-state index in [4.69, 9.17) is 21.2 Å². The minimum atomic E-state index is -1.33. The molecule has 1 saturated heterocycles. The fraction of sp³-hybridized carbons (Fsp3) is 0.450. The Labute approximate surface area is 152 Å². The van der Waals surface area contributed by atoms with E-state index in [1.807, 2.05) is 23.1 Å².